The number of benzene rings is 1. The summed E-state index contributed by atoms with van der Waals surface area (Å²) in [7, 11) is 0. The Balaban J connectivity index is 1.53. The van der Waals surface area contributed by atoms with Gasteiger partial charge in [-0.15, -0.1) is 0 Å². The van der Waals surface area contributed by atoms with Gasteiger partial charge in [0.25, 0.3) is 0 Å². The van der Waals surface area contributed by atoms with E-state index in [1.807, 2.05) is 36.1 Å². The van der Waals surface area contributed by atoms with Gasteiger partial charge in [-0.2, -0.15) is 10.5 Å². The van der Waals surface area contributed by atoms with Crippen LogP contribution in [0.25, 0.3) is 0 Å². The molecule has 118 valence electrons. The molecule has 0 bridgehead atoms. The number of likely N-dealkylation sites (tertiary alicyclic amines) is 2. The van der Waals surface area contributed by atoms with E-state index >= 15 is 0 Å². The lowest BCUT2D eigenvalue weighted by Gasteiger charge is -2.41. The molecule has 2 aliphatic heterocycles. The lowest BCUT2D eigenvalue weighted by Crippen LogP contribution is -2.51. The number of hydrogen-bond acceptors (Lipinski definition) is 4. The van der Waals surface area contributed by atoms with Crippen LogP contribution in [0.1, 0.15) is 30.4 Å². The second kappa shape index (κ2) is 6.30. The molecule has 3 rings (SSSR count). The van der Waals surface area contributed by atoms with Gasteiger partial charge in [0.1, 0.15) is 0 Å². The van der Waals surface area contributed by atoms with Crippen LogP contribution in [0.5, 0.6) is 0 Å². The van der Waals surface area contributed by atoms with Crippen LogP contribution in [0.3, 0.4) is 0 Å². The monoisotopic (exact) mass is 308 g/mol. The van der Waals surface area contributed by atoms with Crippen LogP contribution in [-0.2, 0) is 4.79 Å². The van der Waals surface area contributed by atoms with Crippen LogP contribution in [0.4, 0.5) is 0 Å². The fourth-order valence-electron chi connectivity index (χ4n) is 3.48. The predicted molar refractivity (Wildman–Crippen MR) is 84.9 cm³/mol. The van der Waals surface area contributed by atoms with Gasteiger partial charge in [-0.05, 0) is 30.0 Å². The van der Waals surface area contributed by atoms with Crippen LogP contribution in [0.15, 0.2) is 24.3 Å². The van der Waals surface area contributed by atoms with Crippen molar-refractivity contribution in [3.63, 3.8) is 0 Å². The van der Waals surface area contributed by atoms with Crippen LogP contribution in [0.2, 0.25) is 0 Å². The zero-order valence-corrected chi connectivity index (χ0v) is 13.3. The molecule has 2 heterocycles. The largest absolute Gasteiger partial charge is 0.341 e. The maximum atomic E-state index is 12.6. The van der Waals surface area contributed by atoms with E-state index in [9.17, 15) is 4.79 Å². The van der Waals surface area contributed by atoms with Crippen molar-refractivity contribution in [1.29, 1.82) is 10.5 Å². The van der Waals surface area contributed by atoms with E-state index in [0.29, 0.717) is 18.0 Å². The average Bonchev–Trinajstić information content (AvgIpc) is 3.02. The molecule has 1 amide bonds. The highest BCUT2D eigenvalue weighted by Crippen LogP contribution is 2.31. The van der Waals surface area contributed by atoms with Gasteiger partial charge in [0, 0.05) is 38.0 Å². The van der Waals surface area contributed by atoms with Crippen LogP contribution < -0.4 is 0 Å². The minimum Gasteiger partial charge on any atom is -0.341 e. The minimum atomic E-state index is -0.0183. The Bertz CT molecular complexity index is 664. The number of amides is 1. The zero-order chi connectivity index (χ0) is 16.4. The standard InChI is InChI=1S/C18H20N4O/c1-13(16-6-7-21(9-16)12-20)18(23)22-10-17(11-22)15-4-2-14(8-19)3-5-15/h2-5,13,16-17H,6-7,9-11H2,1H3/t13?,16-/m0/s1. The molecular formula is C18H20N4O. The number of rotatable bonds is 3. The quantitative estimate of drug-likeness (QED) is 0.800. The number of nitriles is 2. The summed E-state index contributed by atoms with van der Waals surface area (Å²) in [6.07, 6.45) is 3.09. The molecule has 23 heavy (non-hydrogen) atoms. The van der Waals surface area contributed by atoms with Crippen molar-refractivity contribution in [1.82, 2.24) is 9.80 Å². The predicted octanol–water partition coefficient (Wildman–Crippen LogP) is 1.92. The second-order valence-corrected chi connectivity index (χ2v) is 6.56. The smallest absolute Gasteiger partial charge is 0.225 e. The van der Waals surface area contributed by atoms with Crippen molar-refractivity contribution in [2.75, 3.05) is 26.2 Å². The third-order valence-corrected chi connectivity index (χ3v) is 5.17. The summed E-state index contributed by atoms with van der Waals surface area (Å²) >= 11 is 0. The summed E-state index contributed by atoms with van der Waals surface area (Å²) in [6, 6.07) is 9.75. The summed E-state index contributed by atoms with van der Waals surface area (Å²) in [5.41, 5.74) is 1.86. The van der Waals surface area contributed by atoms with Crippen molar-refractivity contribution in [2.24, 2.45) is 11.8 Å². The minimum absolute atomic E-state index is 0.0183. The number of carbonyl (C=O) groups excluding carboxylic acids is 1. The lowest BCUT2D eigenvalue weighted by molar-refractivity contribution is -0.141. The molecule has 5 heteroatoms. The number of nitrogens with zero attached hydrogens (tertiary/aromatic N) is 4. The second-order valence-electron chi connectivity index (χ2n) is 6.56. The molecule has 2 fully saturated rings. The third-order valence-electron chi connectivity index (χ3n) is 5.17. The SMILES string of the molecule is CC(C(=O)N1CC(c2ccc(C#N)cc2)C1)[C@H]1CCN(C#N)C1. The Labute approximate surface area is 136 Å². The zero-order valence-electron chi connectivity index (χ0n) is 13.3. The molecule has 0 aliphatic carbocycles. The van der Waals surface area contributed by atoms with E-state index in [0.717, 1.165) is 26.1 Å². The van der Waals surface area contributed by atoms with Crippen LogP contribution in [0, 0.1) is 34.6 Å². The Kier molecular flexibility index (Phi) is 4.21. The topological polar surface area (TPSA) is 71.1 Å². The van der Waals surface area contributed by atoms with Gasteiger partial charge in [0.15, 0.2) is 6.19 Å². The van der Waals surface area contributed by atoms with Gasteiger partial charge in [-0.25, -0.2) is 0 Å². The summed E-state index contributed by atoms with van der Waals surface area (Å²) in [5, 5.41) is 17.8. The average molecular weight is 308 g/mol. The molecular weight excluding hydrogens is 288 g/mol. The van der Waals surface area contributed by atoms with E-state index in [2.05, 4.69) is 12.3 Å². The van der Waals surface area contributed by atoms with Crippen molar-refractivity contribution >= 4 is 5.91 Å². The van der Waals surface area contributed by atoms with E-state index < -0.39 is 0 Å². The molecule has 0 aromatic heterocycles. The highest BCUT2D eigenvalue weighted by molar-refractivity contribution is 5.80. The highest BCUT2D eigenvalue weighted by atomic mass is 16.2. The maximum absolute atomic E-state index is 12.6. The summed E-state index contributed by atoms with van der Waals surface area (Å²) in [4.78, 5) is 16.2. The molecule has 2 saturated heterocycles. The van der Waals surface area contributed by atoms with Gasteiger partial charge < -0.3 is 9.80 Å². The first kappa shape index (κ1) is 15.4. The van der Waals surface area contributed by atoms with Gasteiger partial charge in [0.05, 0.1) is 11.6 Å². The Morgan fingerprint density at radius 3 is 2.48 bits per heavy atom. The Morgan fingerprint density at radius 1 is 1.22 bits per heavy atom. The molecule has 2 atom stereocenters. The number of carbonyl (C=O) groups is 1. The van der Waals surface area contributed by atoms with Gasteiger partial charge in [0.2, 0.25) is 5.91 Å². The lowest BCUT2D eigenvalue weighted by atomic mass is 9.87. The Morgan fingerprint density at radius 2 is 1.91 bits per heavy atom. The summed E-state index contributed by atoms with van der Waals surface area (Å²) in [6.45, 7) is 4.97. The number of hydrogen-bond donors (Lipinski definition) is 0. The van der Waals surface area contributed by atoms with Crippen molar-refractivity contribution < 1.29 is 4.79 Å². The molecule has 5 nitrogen and oxygen atoms in total. The van der Waals surface area contributed by atoms with Gasteiger partial charge >= 0.3 is 0 Å². The van der Waals surface area contributed by atoms with Gasteiger partial charge in [-0.3, -0.25) is 4.79 Å². The fourth-order valence-corrected chi connectivity index (χ4v) is 3.48. The maximum Gasteiger partial charge on any atom is 0.225 e. The summed E-state index contributed by atoms with van der Waals surface area (Å²) < 4.78 is 0. The van der Waals surface area contributed by atoms with E-state index in [4.69, 9.17) is 10.5 Å². The molecule has 2 aliphatic rings. The first-order chi connectivity index (χ1) is 11.1. The van der Waals surface area contributed by atoms with Crippen LogP contribution >= 0.6 is 0 Å². The van der Waals surface area contributed by atoms with Crippen molar-refractivity contribution in [3.8, 4) is 12.3 Å². The Hall–Kier alpha value is -2.53. The van der Waals surface area contributed by atoms with E-state index in [1.54, 1.807) is 4.90 Å². The highest BCUT2D eigenvalue weighted by Gasteiger charge is 2.38. The van der Waals surface area contributed by atoms with E-state index in [-0.39, 0.29) is 17.7 Å². The van der Waals surface area contributed by atoms with Crippen molar-refractivity contribution in [3.05, 3.63) is 35.4 Å². The molecule has 1 aromatic rings. The molecule has 1 unspecified atom stereocenters. The van der Waals surface area contributed by atoms with Gasteiger partial charge in [-0.1, -0.05) is 19.1 Å². The summed E-state index contributed by atoms with van der Waals surface area (Å²) in [5.74, 6) is 0.851. The molecule has 0 saturated carbocycles. The molecule has 0 N–H and O–H groups in total. The van der Waals surface area contributed by atoms with Crippen molar-refractivity contribution in [2.45, 2.75) is 19.3 Å². The first-order valence-electron chi connectivity index (χ1n) is 8.06. The normalized spacial score (nSPS) is 22.1. The van der Waals surface area contributed by atoms with Crippen LogP contribution in [-0.4, -0.2) is 41.9 Å². The molecule has 1 aromatic carbocycles. The molecule has 0 radical (unpaired) electrons. The molecule has 0 spiro atoms. The van der Waals surface area contributed by atoms with E-state index in [1.165, 1.54) is 5.56 Å². The third kappa shape index (κ3) is 3.00. The first-order valence-corrected chi connectivity index (χ1v) is 8.06. The fraction of sp³-hybridized carbons (Fsp3) is 0.500.